The average molecular weight is 750 g/mol. The zero-order chi connectivity index (χ0) is 38.4. The van der Waals surface area contributed by atoms with Gasteiger partial charge in [0.15, 0.2) is 5.82 Å². The smallest absolute Gasteiger partial charge is 0.247 e. The predicted molar refractivity (Wildman–Crippen MR) is 240 cm³/mol. The lowest BCUT2D eigenvalue weighted by Gasteiger charge is -2.30. The van der Waals surface area contributed by atoms with Crippen LogP contribution in [0.3, 0.4) is 0 Å². The summed E-state index contributed by atoms with van der Waals surface area (Å²) in [5.41, 5.74) is 15.6. The van der Waals surface area contributed by atoms with Crippen LogP contribution in [-0.2, 0) is 5.41 Å². The second-order valence-electron chi connectivity index (χ2n) is 16.0. The van der Waals surface area contributed by atoms with E-state index >= 15 is 0 Å². The molecule has 272 valence electrons. The highest BCUT2D eigenvalue weighted by atomic mass is 16.3. The molecule has 0 fully saturated rings. The van der Waals surface area contributed by atoms with Gasteiger partial charge in [0, 0.05) is 21.7 Å². The van der Waals surface area contributed by atoms with Gasteiger partial charge in [-0.25, -0.2) is 9.97 Å². The van der Waals surface area contributed by atoms with E-state index in [1.165, 1.54) is 76.8 Å². The lowest BCUT2D eigenvalue weighted by molar-refractivity contribution is 0.653. The van der Waals surface area contributed by atoms with Crippen LogP contribution >= 0.6 is 0 Å². The van der Waals surface area contributed by atoms with Gasteiger partial charge in [0.1, 0.15) is 16.8 Å². The molecular formula is C55H31N3O. The minimum Gasteiger partial charge on any atom is -0.436 e. The number of hydrogen-bond acceptors (Lipinski definition) is 3. The topological polar surface area (TPSA) is 43.9 Å². The van der Waals surface area contributed by atoms with Crippen molar-refractivity contribution in [1.82, 2.24) is 14.5 Å². The van der Waals surface area contributed by atoms with Gasteiger partial charge in [0.05, 0.1) is 16.4 Å². The van der Waals surface area contributed by atoms with E-state index in [1.807, 2.05) is 18.2 Å². The van der Waals surface area contributed by atoms with Crippen molar-refractivity contribution < 1.29 is 4.42 Å². The number of fused-ring (bicyclic) bond motifs is 19. The first-order valence-electron chi connectivity index (χ1n) is 20.2. The van der Waals surface area contributed by atoms with Gasteiger partial charge in [-0.2, -0.15) is 0 Å². The number of rotatable bonds is 2. The Hall–Kier alpha value is -7.82. The van der Waals surface area contributed by atoms with E-state index in [0.717, 1.165) is 44.6 Å². The Kier molecular flexibility index (Phi) is 5.93. The molecule has 4 heteroatoms. The van der Waals surface area contributed by atoms with Crippen LogP contribution in [0.15, 0.2) is 192 Å². The van der Waals surface area contributed by atoms with Gasteiger partial charge >= 0.3 is 0 Å². The van der Waals surface area contributed by atoms with E-state index in [-0.39, 0.29) is 0 Å². The normalized spacial score (nSPS) is 13.6. The SMILES string of the molecule is c1ccc2c(c1)-c1ccccc1C21c2ccccc2-c2c(-c3nc4oc5ccccc5c4nc3-n3c4cc5ccccc5cc4c4c5ccccc5ccc43)cccc21. The third-order valence-electron chi connectivity index (χ3n) is 13.2. The Morgan fingerprint density at radius 1 is 0.424 bits per heavy atom. The zero-order valence-electron chi connectivity index (χ0n) is 31.6. The van der Waals surface area contributed by atoms with Crippen LogP contribution in [0.25, 0.3) is 105 Å². The third kappa shape index (κ3) is 3.88. The van der Waals surface area contributed by atoms with E-state index in [1.54, 1.807) is 0 Å². The summed E-state index contributed by atoms with van der Waals surface area (Å²) >= 11 is 0. The first-order valence-corrected chi connectivity index (χ1v) is 20.2. The maximum absolute atomic E-state index is 6.57. The highest BCUT2D eigenvalue weighted by Crippen LogP contribution is 2.64. The molecule has 2 aliphatic carbocycles. The summed E-state index contributed by atoms with van der Waals surface area (Å²) in [5, 5.41) is 8.12. The largest absolute Gasteiger partial charge is 0.436 e. The molecule has 0 unspecified atom stereocenters. The van der Waals surface area contributed by atoms with Crippen molar-refractivity contribution in [2.24, 2.45) is 0 Å². The molecule has 4 nitrogen and oxygen atoms in total. The standard InChI is InChI=1S/C55H31N3O/c1-2-16-34-31-47-41(30-33(34)15-1)50-35-17-4-3-14-32(35)28-29-46(50)58(47)53-51(57-54-52(56-53)39-21-8-12-27-48(39)59-54)40-22-13-26-45-49(40)38-20-7-11-25-44(38)55(45)42-23-9-5-18-36(42)37-19-6-10-24-43(37)55/h1-31H. The molecule has 0 atom stereocenters. The first-order chi connectivity index (χ1) is 29.3. The predicted octanol–water partition coefficient (Wildman–Crippen LogP) is 13.8. The van der Waals surface area contributed by atoms with Gasteiger partial charge in [0.2, 0.25) is 5.71 Å². The van der Waals surface area contributed by atoms with Crippen molar-refractivity contribution in [3.63, 3.8) is 0 Å². The molecule has 1 spiro atoms. The molecule has 0 bridgehead atoms. The Morgan fingerprint density at radius 3 is 1.80 bits per heavy atom. The summed E-state index contributed by atoms with van der Waals surface area (Å²) in [6.45, 7) is 0. The van der Waals surface area contributed by atoms with E-state index in [2.05, 4.69) is 174 Å². The molecule has 3 heterocycles. The molecule has 0 amide bonds. The summed E-state index contributed by atoms with van der Waals surface area (Å²) in [6, 6.07) is 68.3. The van der Waals surface area contributed by atoms with Crippen molar-refractivity contribution in [3.8, 4) is 39.3 Å². The maximum atomic E-state index is 6.57. The number of furan rings is 1. The highest BCUT2D eigenvalue weighted by molar-refractivity contribution is 6.23. The van der Waals surface area contributed by atoms with Crippen molar-refractivity contribution in [3.05, 3.63) is 210 Å². The average Bonchev–Trinajstić information content (AvgIpc) is 4.01. The van der Waals surface area contributed by atoms with Crippen molar-refractivity contribution >= 4 is 65.6 Å². The Bertz CT molecular complexity index is 3770. The fourth-order valence-electron chi connectivity index (χ4n) is 10.9. The van der Waals surface area contributed by atoms with Crippen LogP contribution in [0.5, 0.6) is 0 Å². The van der Waals surface area contributed by atoms with Crippen LogP contribution in [0.2, 0.25) is 0 Å². The second-order valence-corrected chi connectivity index (χ2v) is 16.0. The molecule has 14 rings (SSSR count). The lowest BCUT2D eigenvalue weighted by Crippen LogP contribution is -2.25. The molecular weight excluding hydrogens is 719 g/mol. The molecule has 0 N–H and O–H groups in total. The third-order valence-corrected chi connectivity index (χ3v) is 13.2. The van der Waals surface area contributed by atoms with E-state index in [0.29, 0.717) is 5.71 Å². The molecule has 0 saturated carbocycles. The maximum Gasteiger partial charge on any atom is 0.247 e. The number of aromatic nitrogens is 3. The summed E-state index contributed by atoms with van der Waals surface area (Å²) < 4.78 is 8.93. The Labute approximate surface area is 338 Å². The highest BCUT2D eigenvalue weighted by Gasteiger charge is 2.52. The van der Waals surface area contributed by atoms with Crippen molar-refractivity contribution in [2.75, 3.05) is 0 Å². The Morgan fingerprint density at radius 2 is 1.02 bits per heavy atom. The monoisotopic (exact) mass is 749 g/mol. The zero-order valence-corrected chi connectivity index (χ0v) is 31.6. The van der Waals surface area contributed by atoms with Gasteiger partial charge in [-0.1, -0.05) is 158 Å². The van der Waals surface area contributed by atoms with Crippen LogP contribution in [0.1, 0.15) is 22.3 Å². The van der Waals surface area contributed by atoms with Gasteiger partial charge in [-0.3, -0.25) is 4.57 Å². The first kappa shape index (κ1) is 31.3. The van der Waals surface area contributed by atoms with Gasteiger partial charge < -0.3 is 4.42 Å². The van der Waals surface area contributed by atoms with Gasteiger partial charge in [0.25, 0.3) is 0 Å². The quantitative estimate of drug-likeness (QED) is 0.177. The fraction of sp³-hybridized carbons (Fsp3) is 0.0182. The van der Waals surface area contributed by atoms with Crippen LogP contribution in [0.4, 0.5) is 0 Å². The summed E-state index contributed by atoms with van der Waals surface area (Å²) in [7, 11) is 0. The minimum absolute atomic E-state index is 0.489. The number of para-hydroxylation sites is 1. The van der Waals surface area contributed by atoms with Gasteiger partial charge in [-0.05, 0) is 96.4 Å². The molecule has 0 aliphatic heterocycles. The minimum atomic E-state index is -0.489. The van der Waals surface area contributed by atoms with Crippen LogP contribution in [0, 0.1) is 0 Å². The molecule has 59 heavy (non-hydrogen) atoms. The van der Waals surface area contributed by atoms with E-state index in [4.69, 9.17) is 14.4 Å². The molecule has 0 saturated heterocycles. The summed E-state index contributed by atoms with van der Waals surface area (Å²) in [4.78, 5) is 11.3. The van der Waals surface area contributed by atoms with Gasteiger partial charge in [-0.15, -0.1) is 0 Å². The molecule has 9 aromatic carbocycles. The van der Waals surface area contributed by atoms with E-state index in [9.17, 15) is 0 Å². The number of hydrogen-bond donors (Lipinski definition) is 0. The summed E-state index contributed by atoms with van der Waals surface area (Å²) in [6.07, 6.45) is 0. The lowest BCUT2D eigenvalue weighted by atomic mass is 9.70. The number of nitrogens with zero attached hydrogens (tertiary/aromatic N) is 3. The van der Waals surface area contributed by atoms with Crippen LogP contribution in [-0.4, -0.2) is 14.5 Å². The molecule has 0 radical (unpaired) electrons. The molecule has 2 aliphatic rings. The Balaban J connectivity index is 1.16. The van der Waals surface area contributed by atoms with Crippen LogP contribution < -0.4 is 0 Å². The summed E-state index contributed by atoms with van der Waals surface area (Å²) in [5.74, 6) is 0.772. The molecule has 12 aromatic rings. The number of benzene rings is 9. The van der Waals surface area contributed by atoms with Crippen molar-refractivity contribution in [1.29, 1.82) is 0 Å². The van der Waals surface area contributed by atoms with Crippen molar-refractivity contribution in [2.45, 2.75) is 5.41 Å². The van der Waals surface area contributed by atoms with E-state index < -0.39 is 5.41 Å². The second kappa shape index (κ2) is 11.2. The molecule has 3 aromatic heterocycles. The fourth-order valence-corrected chi connectivity index (χ4v) is 10.9.